The van der Waals surface area contributed by atoms with E-state index < -0.39 is 5.91 Å². The third-order valence-electron chi connectivity index (χ3n) is 2.04. The number of amides is 1. The summed E-state index contributed by atoms with van der Waals surface area (Å²) in [5.74, 6) is -0.245. The van der Waals surface area contributed by atoms with Gasteiger partial charge in [0.15, 0.2) is 0 Å². The Labute approximate surface area is 82.9 Å². The molecule has 1 aromatic carbocycles. The highest BCUT2D eigenvalue weighted by atomic mass is 16.3. The maximum Gasteiger partial charge on any atom is 0.244 e. The summed E-state index contributed by atoms with van der Waals surface area (Å²) in [5.41, 5.74) is 6.22. The van der Waals surface area contributed by atoms with Crippen LogP contribution in [-0.4, -0.2) is 11.0 Å². The number of hydrogen-bond acceptors (Lipinski definition) is 2. The summed E-state index contributed by atoms with van der Waals surface area (Å²) in [6.45, 7) is 3.54. The van der Waals surface area contributed by atoms with E-state index in [1.54, 1.807) is 12.1 Å². The van der Waals surface area contributed by atoms with Gasteiger partial charge in [-0.25, -0.2) is 0 Å². The van der Waals surface area contributed by atoms with Crippen molar-refractivity contribution in [2.75, 3.05) is 0 Å². The molecule has 1 rings (SSSR count). The van der Waals surface area contributed by atoms with Gasteiger partial charge < -0.3 is 10.8 Å². The Bertz CT molecular complexity index is 358. The first kappa shape index (κ1) is 10.3. The molecule has 0 saturated heterocycles. The molecule has 1 aromatic rings. The van der Waals surface area contributed by atoms with Crippen molar-refractivity contribution in [2.45, 2.75) is 12.8 Å². The minimum absolute atomic E-state index is 0.241. The lowest BCUT2D eigenvalue weighted by Crippen LogP contribution is -2.13. The van der Waals surface area contributed by atoms with Crippen molar-refractivity contribution in [3.8, 4) is 5.75 Å². The highest BCUT2D eigenvalue weighted by molar-refractivity contribution is 5.91. The molecule has 0 heterocycles. The molecule has 0 saturated carbocycles. The van der Waals surface area contributed by atoms with Gasteiger partial charge in [0, 0.05) is 5.57 Å². The maximum absolute atomic E-state index is 10.7. The zero-order valence-electron chi connectivity index (χ0n) is 7.86. The summed E-state index contributed by atoms with van der Waals surface area (Å²) in [4.78, 5) is 10.7. The van der Waals surface area contributed by atoms with E-state index in [4.69, 9.17) is 5.73 Å². The molecular formula is C11H13NO2. The van der Waals surface area contributed by atoms with Gasteiger partial charge in [0.25, 0.3) is 0 Å². The van der Waals surface area contributed by atoms with Gasteiger partial charge in [-0.05, 0) is 24.5 Å². The first-order valence-electron chi connectivity index (χ1n) is 4.35. The van der Waals surface area contributed by atoms with Gasteiger partial charge in [0.2, 0.25) is 5.91 Å². The number of rotatable bonds is 4. The summed E-state index contributed by atoms with van der Waals surface area (Å²) in [6.07, 6.45) is 1.06. The van der Waals surface area contributed by atoms with Crippen LogP contribution >= 0.6 is 0 Å². The van der Waals surface area contributed by atoms with Crippen LogP contribution in [-0.2, 0) is 11.2 Å². The van der Waals surface area contributed by atoms with Crippen LogP contribution in [0.3, 0.4) is 0 Å². The molecule has 0 radical (unpaired) electrons. The molecule has 0 aliphatic rings. The van der Waals surface area contributed by atoms with E-state index in [0.29, 0.717) is 18.4 Å². The number of primary amides is 1. The van der Waals surface area contributed by atoms with Crippen LogP contribution in [0.25, 0.3) is 0 Å². The van der Waals surface area contributed by atoms with E-state index in [-0.39, 0.29) is 5.75 Å². The molecule has 3 heteroatoms. The molecule has 0 unspecified atom stereocenters. The lowest BCUT2D eigenvalue weighted by Gasteiger charge is -2.03. The Kier molecular flexibility index (Phi) is 3.29. The zero-order chi connectivity index (χ0) is 10.6. The second-order valence-corrected chi connectivity index (χ2v) is 3.10. The molecule has 0 fully saturated rings. The van der Waals surface area contributed by atoms with Crippen molar-refractivity contribution in [1.29, 1.82) is 0 Å². The molecule has 1 amide bonds. The number of aromatic hydroxyl groups is 1. The van der Waals surface area contributed by atoms with Crippen LogP contribution in [0, 0.1) is 0 Å². The van der Waals surface area contributed by atoms with E-state index in [0.717, 1.165) is 5.56 Å². The summed E-state index contributed by atoms with van der Waals surface area (Å²) in [7, 11) is 0. The molecule has 14 heavy (non-hydrogen) atoms. The lowest BCUT2D eigenvalue weighted by molar-refractivity contribution is -0.114. The topological polar surface area (TPSA) is 63.3 Å². The van der Waals surface area contributed by atoms with Gasteiger partial charge in [-0.15, -0.1) is 0 Å². The van der Waals surface area contributed by atoms with Crippen LogP contribution in [0.15, 0.2) is 36.4 Å². The van der Waals surface area contributed by atoms with E-state index in [2.05, 4.69) is 6.58 Å². The van der Waals surface area contributed by atoms with Gasteiger partial charge >= 0.3 is 0 Å². The van der Waals surface area contributed by atoms with Crippen LogP contribution in [0.2, 0.25) is 0 Å². The number of benzene rings is 1. The Hall–Kier alpha value is -1.77. The Morgan fingerprint density at radius 2 is 2.07 bits per heavy atom. The molecule has 3 nitrogen and oxygen atoms in total. The van der Waals surface area contributed by atoms with E-state index in [1.165, 1.54) is 0 Å². The first-order chi connectivity index (χ1) is 6.61. The Morgan fingerprint density at radius 1 is 1.43 bits per heavy atom. The SMILES string of the molecule is C=C(CCc1ccccc1O)C(N)=O. The first-order valence-corrected chi connectivity index (χ1v) is 4.35. The average Bonchev–Trinajstić information content (AvgIpc) is 2.16. The molecule has 0 aliphatic carbocycles. The largest absolute Gasteiger partial charge is 0.508 e. The predicted molar refractivity (Wildman–Crippen MR) is 54.8 cm³/mol. The second kappa shape index (κ2) is 4.46. The van der Waals surface area contributed by atoms with Crippen molar-refractivity contribution in [3.05, 3.63) is 42.0 Å². The third kappa shape index (κ3) is 2.62. The molecule has 0 bridgehead atoms. The molecule has 0 aliphatic heterocycles. The number of carbonyl (C=O) groups is 1. The van der Waals surface area contributed by atoms with Crippen LogP contribution in [0.5, 0.6) is 5.75 Å². The number of hydrogen-bond donors (Lipinski definition) is 2. The van der Waals surface area contributed by atoms with Gasteiger partial charge in [0.05, 0.1) is 0 Å². The number of carbonyl (C=O) groups excluding carboxylic acids is 1. The minimum atomic E-state index is -0.486. The lowest BCUT2D eigenvalue weighted by atomic mass is 10.0. The quantitative estimate of drug-likeness (QED) is 0.706. The van der Waals surface area contributed by atoms with E-state index in [9.17, 15) is 9.90 Å². The monoisotopic (exact) mass is 191 g/mol. The van der Waals surface area contributed by atoms with Gasteiger partial charge in [-0.1, -0.05) is 24.8 Å². The second-order valence-electron chi connectivity index (χ2n) is 3.10. The normalized spacial score (nSPS) is 9.71. The highest BCUT2D eigenvalue weighted by Crippen LogP contribution is 2.18. The fourth-order valence-electron chi connectivity index (χ4n) is 1.13. The standard InChI is InChI=1S/C11H13NO2/c1-8(11(12)14)6-7-9-4-2-3-5-10(9)13/h2-5,13H,1,6-7H2,(H2,12,14). The van der Waals surface area contributed by atoms with Gasteiger partial charge in [-0.2, -0.15) is 0 Å². The predicted octanol–water partition coefficient (Wildman–Crippen LogP) is 1.37. The summed E-state index contributed by atoms with van der Waals surface area (Å²) < 4.78 is 0. The molecular weight excluding hydrogens is 178 g/mol. The van der Waals surface area contributed by atoms with E-state index in [1.807, 2.05) is 12.1 Å². The molecule has 74 valence electrons. The fourth-order valence-corrected chi connectivity index (χ4v) is 1.13. The van der Waals surface area contributed by atoms with Crippen LogP contribution < -0.4 is 5.73 Å². The van der Waals surface area contributed by atoms with Crippen LogP contribution in [0.1, 0.15) is 12.0 Å². The number of phenols is 1. The van der Waals surface area contributed by atoms with Crippen molar-refractivity contribution in [1.82, 2.24) is 0 Å². The van der Waals surface area contributed by atoms with Gasteiger partial charge in [-0.3, -0.25) is 4.79 Å². The van der Waals surface area contributed by atoms with E-state index >= 15 is 0 Å². The molecule has 3 N–H and O–H groups in total. The van der Waals surface area contributed by atoms with Crippen molar-refractivity contribution in [3.63, 3.8) is 0 Å². The van der Waals surface area contributed by atoms with Gasteiger partial charge in [0.1, 0.15) is 5.75 Å². The average molecular weight is 191 g/mol. The number of nitrogens with two attached hydrogens (primary N) is 1. The number of phenolic OH excluding ortho intramolecular Hbond substituents is 1. The summed E-state index contributed by atoms with van der Waals surface area (Å²) in [5, 5.41) is 9.42. The Morgan fingerprint density at radius 3 is 2.64 bits per heavy atom. The van der Waals surface area contributed by atoms with Crippen molar-refractivity contribution in [2.24, 2.45) is 5.73 Å². The number of aryl methyl sites for hydroxylation is 1. The molecule has 0 atom stereocenters. The van der Waals surface area contributed by atoms with Crippen LogP contribution in [0.4, 0.5) is 0 Å². The number of para-hydroxylation sites is 1. The summed E-state index contributed by atoms with van der Waals surface area (Å²) in [6, 6.07) is 7.01. The maximum atomic E-state index is 10.7. The fraction of sp³-hybridized carbons (Fsp3) is 0.182. The van der Waals surface area contributed by atoms with Crippen molar-refractivity contribution < 1.29 is 9.90 Å². The Balaban J connectivity index is 2.58. The third-order valence-corrected chi connectivity index (χ3v) is 2.04. The molecule has 0 spiro atoms. The molecule has 0 aromatic heterocycles. The minimum Gasteiger partial charge on any atom is -0.508 e. The van der Waals surface area contributed by atoms with Crippen molar-refractivity contribution >= 4 is 5.91 Å². The smallest absolute Gasteiger partial charge is 0.244 e. The highest BCUT2D eigenvalue weighted by Gasteiger charge is 2.04. The summed E-state index contributed by atoms with van der Waals surface area (Å²) >= 11 is 0. The zero-order valence-corrected chi connectivity index (χ0v) is 7.86.